The molecule has 0 aliphatic heterocycles. The molecule has 0 bridgehead atoms. The second-order valence-corrected chi connectivity index (χ2v) is 5.45. The number of pyridine rings is 1. The number of aromatic nitrogens is 1. The molecule has 0 amide bonds. The first-order valence-corrected chi connectivity index (χ1v) is 7.34. The van der Waals surface area contributed by atoms with Crippen LogP contribution < -0.4 is 4.57 Å². The minimum atomic E-state index is 0.893. The van der Waals surface area contributed by atoms with Gasteiger partial charge in [0.05, 0.1) is 0 Å². The highest BCUT2D eigenvalue weighted by molar-refractivity contribution is 5.62. The van der Waals surface area contributed by atoms with Crippen LogP contribution in [0.4, 0.5) is 0 Å². The number of aryl methyl sites for hydroxylation is 1. The van der Waals surface area contributed by atoms with Crippen LogP contribution in [-0.4, -0.2) is 0 Å². The van der Waals surface area contributed by atoms with E-state index in [-0.39, 0.29) is 0 Å². The van der Waals surface area contributed by atoms with E-state index in [0.29, 0.717) is 0 Å². The van der Waals surface area contributed by atoms with Crippen LogP contribution in [0.25, 0.3) is 11.3 Å². The Bertz CT molecular complexity index is 745. The molecule has 0 fully saturated rings. The van der Waals surface area contributed by atoms with E-state index < -0.39 is 0 Å². The molecule has 3 aromatic rings. The molecule has 21 heavy (non-hydrogen) atoms. The van der Waals surface area contributed by atoms with Gasteiger partial charge in [-0.1, -0.05) is 42.5 Å². The summed E-state index contributed by atoms with van der Waals surface area (Å²) in [6.45, 7) is 5.26. The summed E-state index contributed by atoms with van der Waals surface area (Å²) in [5.74, 6) is 0. The molecule has 0 spiro atoms. The van der Waals surface area contributed by atoms with Gasteiger partial charge in [0.2, 0.25) is 5.69 Å². The van der Waals surface area contributed by atoms with Crippen LogP contribution in [0.3, 0.4) is 0 Å². The molecule has 1 heterocycles. The molecular weight excluding hydrogens is 254 g/mol. The maximum atomic E-state index is 2.32. The fraction of sp³-hybridized carbons (Fsp3) is 0.150. The van der Waals surface area contributed by atoms with E-state index in [4.69, 9.17) is 0 Å². The van der Waals surface area contributed by atoms with Gasteiger partial charge >= 0.3 is 0 Å². The topological polar surface area (TPSA) is 3.88 Å². The zero-order valence-corrected chi connectivity index (χ0v) is 12.6. The molecular formula is C20H20N+. The molecule has 0 aliphatic carbocycles. The lowest BCUT2D eigenvalue weighted by Crippen LogP contribution is -2.36. The minimum Gasteiger partial charge on any atom is -0.194 e. The lowest BCUT2D eigenvalue weighted by atomic mass is 10.00. The Morgan fingerprint density at radius 2 is 1.52 bits per heavy atom. The standard InChI is InChI=1S/C20H20N/c1-16-9-8-12-19(17(16)2)20-13-6-7-14-21(20)15-18-10-4-3-5-11-18/h3-14H,15H2,1-2H3/q+1. The Balaban J connectivity index is 2.06. The van der Waals surface area contributed by atoms with Crippen LogP contribution >= 0.6 is 0 Å². The monoisotopic (exact) mass is 274 g/mol. The summed E-state index contributed by atoms with van der Waals surface area (Å²) in [4.78, 5) is 0. The summed E-state index contributed by atoms with van der Waals surface area (Å²) in [6, 6.07) is 23.5. The zero-order chi connectivity index (χ0) is 14.7. The molecule has 0 atom stereocenters. The average molecular weight is 274 g/mol. The number of hydrogen-bond acceptors (Lipinski definition) is 0. The normalized spacial score (nSPS) is 10.6. The largest absolute Gasteiger partial charge is 0.213 e. The average Bonchev–Trinajstić information content (AvgIpc) is 2.52. The first-order chi connectivity index (χ1) is 10.3. The van der Waals surface area contributed by atoms with Gasteiger partial charge in [-0.2, -0.15) is 4.57 Å². The van der Waals surface area contributed by atoms with Crippen molar-refractivity contribution >= 4 is 0 Å². The molecule has 0 radical (unpaired) electrons. The van der Waals surface area contributed by atoms with Gasteiger partial charge in [0.1, 0.15) is 0 Å². The highest BCUT2D eigenvalue weighted by atomic mass is 15.0. The van der Waals surface area contributed by atoms with E-state index in [9.17, 15) is 0 Å². The van der Waals surface area contributed by atoms with Crippen molar-refractivity contribution in [1.29, 1.82) is 0 Å². The highest BCUT2D eigenvalue weighted by Crippen LogP contribution is 2.22. The molecule has 0 saturated heterocycles. The first kappa shape index (κ1) is 13.6. The molecule has 3 rings (SSSR count). The Hall–Kier alpha value is -2.41. The lowest BCUT2D eigenvalue weighted by Gasteiger charge is -2.08. The Morgan fingerprint density at radius 1 is 0.762 bits per heavy atom. The van der Waals surface area contributed by atoms with Crippen LogP contribution in [-0.2, 0) is 6.54 Å². The smallest absolute Gasteiger partial charge is 0.194 e. The minimum absolute atomic E-state index is 0.893. The molecule has 0 unspecified atom stereocenters. The van der Waals surface area contributed by atoms with Crippen LogP contribution in [0.5, 0.6) is 0 Å². The third-order valence-corrected chi connectivity index (χ3v) is 4.02. The molecule has 2 aromatic carbocycles. The second kappa shape index (κ2) is 5.92. The summed E-state index contributed by atoms with van der Waals surface area (Å²) in [5.41, 5.74) is 6.59. The Morgan fingerprint density at radius 3 is 2.33 bits per heavy atom. The quantitative estimate of drug-likeness (QED) is 0.627. The predicted molar refractivity (Wildman–Crippen MR) is 87.1 cm³/mol. The summed E-state index contributed by atoms with van der Waals surface area (Å²) in [5, 5.41) is 0. The molecule has 1 nitrogen and oxygen atoms in total. The van der Waals surface area contributed by atoms with E-state index >= 15 is 0 Å². The number of nitrogens with zero attached hydrogens (tertiary/aromatic N) is 1. The Labute approximate surface area is 126 Å². The third-order valence-electron chi connectivity index (χ3n) is 4.02. The SMILES string of the molecule is Cc1cccc(-c2cccc[n+]2Cc2ccccc2)c1C. The second-order valence-electron chi connectivity index (χ2n) is 5.45. The number of benzene rings is 2. The molecule has 1 aromatic heterocycles. The fourth-order valence-corrected chi connectivity index (χ4v) is 2.67. The van der Waals surface area contributed by atoms with E-state index in [1.807, 2.05) is 0 Å². The van der Waals surface area contributed by atoms with Gasteiger partial charge in [-0.05, 0) is 37.1 Å². The zero-order valence-electron chi connectivity index (χ0n) is 12.6. The van der Waals surface area contributed by atoms with Crippen molar-refractivity contribution < 1.29 is 4.57 Å². The summed E-state index contributed by atoms with van der Waals surface area (Å²) in [7, 11) is 0. The molecule has 0 N–H and O–H groups in total. The van der Waals surface area contributed by atoms with Crippen LogP contribution in [0.1, 0.15) is 16.7 Å². The Kier molecular flexibility index (Phi) is 3.83. The summed E-state index contributed by atoms with van der Waals surface area (Å²) >= 11 is 0. The maximum Gasteiger partial charge on any atom is 0.213 e. The van der Waals surface area contributed by atoms with Crippen molar-refractivity contribution in [3.05, 3.63) is 89.6 Å². The maximum absolute atomic E-state index is 2.32. The van der Waals surface area contributed by atoms with Gasteiger partial charge < -0.3 is 0 Å². The van der Waals surface area contributed by atoms with Gasteiger partial charge in [0.15, 0.2) is 12.7 Å². The number of rotatable bonds is 3. The van der Waals surface area contributed by atoms with E-state index in [1.165, 1.54) is 27.9 Å². The van der Waals surface area contributed by atoms with Crippen molar-refractivity contribution in [2.24, 2.45) is 0 Å². The van der Waals surface area contributed by atoms with Crippen molar-refractivity contribution in [2.45, 2.75) is 20.4 Å². The fourth-order valence-electron chi connectivity index (χ4n) is 2.67. The van der Waals surface area contributed by atoms with Crippen LogP contribution in [0, 0.1) is 13.8 Å². The molecule has 1 heteroatoms. The van der Waals surface area contributed by atoms with Crippen LogP contribution in [0.2, 0.25) is 0 Å². The highest BCUT2D eigenvalue weighted by Gasteiger charge is 2.15. The lowest BCUT2D eigenvalue weighted by molar-refractivity contribution is -0.677. The van der Waals surface area contributed by atoms with Gasteiger partial charge in [-0.25, -0.2) is 0 Å². The van der Waals surface area contributed by atoms with Gasteiger partial charge in [-0.3, -0.25) is 0 Å². The van der Waals surface area contributed by atoms with Crippen molar-refractivity contribution in [1.82, 2.24) is 0 Å². The summed E-state index contributed by atoms with van der Waals surface area (Å²) < 4.78 is 2.32. The van der Waals surface area contributed by atoms with Gasteiger partial charge in [-0.15, -0.1) is 0 Å². The predicted octanol–water partition coefficient (Wildman–Crippen LogP) is 4.31. The summed E-state index contributed by atoms with van der Waals surface area (Å²) in [6.07, 6.45) is 2.16. The third kappa shape index (κ3) is 2.87. The van der Waals surface area contributed by atoms with Crippen molar-refractivity contribution in [3.63, 3.8) is 0 Å². The first-order valence-electron chi connectivity index (χ1n) is 7.34. The molecule has 0 aliphatic rings. The van der Waals surface area contributed by atoms with Gasteiger partial charge in [0.25, 0.3) is 0 Å². The van der Waals surface area contributed by atoms with Crippen molar-refractivity contribution in [2.75, 3.05) is 0 Å². The van der Waals surface area contributed by atoms with Crippen LogP contribution in [0.15, 0.2) is 72.9 Å². The van der Waals surface area contributed by atoms with E-state index in [2.05, 4.69) is 91.3 Å². The van der Waals surface area contributed by atoms with Crippen molar-refractivity contribution in [3.8, 4) is 11.3 Å². The van der Waals surface area contributed by atoms with Gasteiger partial charge in [0, 0.05) is 23.3 Å². The van der Waals surface area contributed by atoms with E-state index in [1.54, 1.807) is 0 Å². The molecule has 104 valence electrons. The van der Waals surface area contributed by atoms with E-state index in [0.717, 1.165) is 6.54 Å². The molecule has 0 saturated carbocycles. The number of hydrogen-bond donors (Lipinski definition) is 0.